The second-order valence-electron chi connectivity index (χ2n) is 13.7. The van der Waals surface area contributed by atoms with Crippen LogP contribution in [0.2, 0.25) is 0 Å². The average Bonchev–Trinajstić information content (AvgIpc) is 3.42. The molecule has 2 aliphatic carbocycles. The minimum atomic E-state index is -0.521. The van der Waals surface area contributed by atoms with E-state index in [0.717, 1.165) is 34.1 Å². The fourth-order valence-electron chi connectivity index (χ4n) is 8.66. The number of nitrogens with zero attached hydrogens (tertiary/aromatic N) is 2. The van der Waals surface area contributed by atoms with E-state index in [-0.39, 0.29) is 0 Å². The van der Waals surface area contributed by atoms with E-state index in [1.54, 1.807) is 0 Å². The van der Waals surface area contributed by atoms with Gasteiger partial charge in [0.05, 0.1) is 5.41 Å². The summed E-state index contributed by atoms with van der Waals surface area (Å²) in [6.07, 6.45) is 4.59. The van der Waals surface area contributed by atoms with Gasteiger partial charge in [-0.05, 0) is 117 Å². The van der Waals surface area contributed by atoms with Crippen molar-refractivity contribution < 1.29 is 0 Å². The molecule has 0 aromatic heterocycles. The first kappa shape index (κ1) is 30.9. The fourth-order valence-corrected chi connectivity index (χ4v) is 8.66. The lowest BCUT2D eigenvalue weighted by molar-refractivity contribution is 0.766. The van der Waals surface area contributed by atoms with Crippen LogP contribution >= 0.6 is 0 Å². The minimum absolute atomic E-state index is 0.521. The maximum atomic E-state index is 2.42. The van der Waals surface area contributed by atoms with Crippen molar-refractivity contribution in [2.24, 2.45) is 0 Å². The van der Waals surface area contributed by atoms with Crippen LogP contribution in [0.15, 0.2) is 206 Å². The van der Waals surface area contributed by atoms with Crippen LogP contribution in [0.4, 0.5) is 34.1 Å². The maximum absolute atomic E-state index is 2.42. The van der Waals surface area contributed by atoms with Crippen molar-refractivity contribution in [2.45, 2.75) is 5.41 Å². The van der Waals surface area contributed by atoms with Gasteiger partial charge in [-0.25, -0.2) is 0 Å². The van der Waals surface area contributed by atoms with Crippen LogP contribution in [0.1, 0.15) is 33.4 Å². The van der Waals surface area contributed by atoms with Crippen molar-refractivity contribution in [1.29, 1.82) is 0 Å². The van der Waals surface area contributed by atoms with Gasteiger partial charge in [-0.1, -0.05) is 146 Å². The molecule has 1 spiro atoms. The van der Waals surface area contributed by atoms with E-state index < -0.39 is 5.41 Å². The highest BCUT2D eigenvalue weighted by Gasteiger charge is 2.48. The monoisotopic (exact) mass is 676 g/mol. The Morgan fingerprint density at radius 3 is 0.943 bits per heavy atom. The van der Waals surface area contributed by atoms with E-state index in [2.05, 4.69) is 228 Å². The molecule has 250 valence electrons. The number of benzene rings is 8. The van der Waals surface area contributed by atoms with Gasteiger partial charge >= 0.3 is 0 Å². The number of rotatable bonds is 6. The number of hydrogen-bond acceptors (Lipinski definition) is 2. The molecule has 8 aromatic rings. The lowest BCUT2D eigenvalue weighted by Crippen LogP contribution is -2.30. The smallest absolute Gasteiger partial charge is 0.0725 e. The number of para-hydroxylation sites is 4. The molecule has 0 saturated heterocycles. The molecule has 8 aromatic carbocycles. The highest BCUT2D eigenvalue weighted by atomic mass is 15.1. The molecule has 2 nitrogen and oxygen atoms in total. The third-order valence-corrected chi connectivity index (χ3v) is 10.9. The van der Waals surface area contributed by atoms with Gasteiger partial charge in [0.15, 0.2) is 0 Å². The van der Waals surface area contributed by atoms with Gasteiger partial charge in [-0.15, -0.1) is 0 Å². The van der Waals surface area contributed by atoms with Crippen LogP contribution < -0.4 is 9.80 Å². The lowest BCUT2D eigenvalue weighted by atomic mass is 9.66. The van der Waals surface area contributed by atoms with Gasteiger partial charge in [0.2, 0.25) is 0 Å². The Morgan fingerprint density at radius 2 is 0.585 bits per heavy atom. The van der Waals surface area contributed by atoms with Crippen LogP contribution in [0.25, 0.3) is 23.3 Å². The zero-order valence-corrected chi connectivity index (χ0v) is 29.2. The van der Waals surface area contributed by atoms with Gasteiger partial charge in [0.25, 0.3) is 0 Å². The van der Waals surface area contributed by atoms with Gasteiger partial charge in [-0.2, -0.15) is 0 Å². The lowest BCUT2D eigenvalue weighted by Gasteiger charge is -2.35. The predicted molar refractivity (Wildman–Crippen MR) is 222 cm³/mol. The summed E-state index contributed by atoms with van der Waals surface area (Å²) in [6.45, 7) is 0. The number of fused-ring (bicyclic) bond motifs is 9. The zero-order valence-electron chi connectivity index (χ0n) is 29.2. The Hall–Kier alpha value is -6.90. The Labute approximate surface area is 311 Å². The van der Waals surface area contributed by atoms with Crippen LogP contribution in [-0.4, -0.2) is 0 Å². The summed E-state index contributed by atoms with van der Waals surface area (Å²) >= 11 is 0. The first-order valence-electron chi connectivity index (χ1n) is 18.3. The summed E-state index contributed by atoms with van der Waals surface area (Å²) in [7, 11) is 0. The molecule has 0 fully saturated rings. The summed E-state index contributed by atoms with van der Waals surface area (Å²) in [5, 5.41) is 0. The molecule has 0 unspecified atom stereocenters. The molecule has 0 saturated carbocycles. The minimum Gasteiger partial charge on any atom is -0.310 e. The first-order valence-corrected chi connectivity index (χ1v) is 18.3. The molecule has 2 heteroatoms. The quantitative estimate of drug-likeness (QED) is 0.173. The number of anilines is 6. The molecule has 0 radical (unpaired) electrons. The standard InChI is InChI=1S/C51H36N2/c1-5-19-39(20-6-1)52(40-21-7-2-8-22-40)43-31-33-49-45(35-43)46-36-44(53(41-23-9-3-10-24-41)42-25-11-4-12-26-42)32-34-50(46)51(49)47-27-15-13-17-37(47)29-30-38-18-14-16-28-48(38)51/h1-36H. The molecule has 10 rings (SSSR count). The third-order valence-electron chi connectivity index (χ3n) is 10.9. The maximum Gasteiger partial charge on any atom is 0.0725 e. The van der Waals surface area contributed by atoms with Crippen molar-refractivity contribution >= 4 is 46.3 Å². The van der Waals surface area contributed by atoms with Crippen molar-refractivity contribution in [3.63, 3.8) is 0 Å². The summed E-state index contributed by atoms with van der Waals surface area (Å²) in [6, 6.07) is 74.9. The summed E-state index contributed by atoms with van der Waals surface area (Å²) in [5.74, 6) is 0. The van der Waals surface area contributed by atoms with E-state index in [1.807, 2.05) is 0 Å². The van der Waals surface area contributed by atoms with Crippen molar-refractivity contribution in [2.75, 3.05) is 9.80 Å². The zero-order chi connectivity index (χ0) is 35.2. The molecular weight excluding hydrogens is 641 g/mol. The SMILES string of the molecule is C1=Cc2ccccc2C2(c3ccccc31)c1ccc(N(c3ccccc3)c3ccccc3)cc1-c1cc(N(c3ccccc3)c3ccccc3)ccc12. The van der Waals surface area contributed by atoms with E-state index in [9.17, 15) is 0 Å². The van der Waals surface area contributed by atoms with Crippen LogP contribution in [0.3, 0.4) is 0 Å². The molecule has 0 bridgehead atoms. The second kappa shape index (κ2) is 12.7. The summed E-state index contributed by atoms with van der Waals surface area (Å²) in [4.78, 5) is 4.73. The second-order valence-corrected chi connectivity index (χ2v) is 13.7. The predicted octanol–water partition coefficient (Wildman–Crippen LogP) is 13.5. The van der Waals surface area contributed by atoms with Crippen LogP contribution in [-0.2, 0) is 5.41 Å². The topological polar surface area (TPSA) is 6.48 Å². The van der Waals surface area contributed by atoms with Gasteiger partial charge < -0.3 is 9.80 Å². The highest BCUT2D eigenvalue weighted by Crippen LogP contribution is 2.60. The van der Waals surface area contributed by atoms with E-state index in [4.69, 9.17) is 0 Å². The molecule has 0 heterocycles. The Morgan fingerprint density at radius 1 is 0.264 bits per heavy atom. The molecule has 0 N–H and O–H groups in total. The Kier molecular flexibility index (Phi) is 7.40. The van der Waals surface area contributed by atoms with E-state index >= 15 is 0 Å². The Bertz CT molecular complexity index is 2350. The summed E-state index contributed by atoms with van der Waals surface area (Å²) in [5.41, 5.74) is 16.3. The molecule has 0 aliphatic heterocycles. The third kappa shape index (κ3) is 4.95. The largest absolute Gasteiger partial charge is 0.310 e. The summed E-state index contributed by atoms with van der Waals surface area (Å²) < 4.78 is 0. The van der Waals surface area contributed by atoms with Gasteiger partial charge in [-0.3, -0.25) is 0 Å². The van der Waals surface area contributed by atoms with Crippen molar-refractivity contribution in [3.8, 4) is 11.1 Å². The highest BCUT2D eigenvalue weighted by molar-refractivity contribution is 5.95. The number of hydrogen-bond donors (Lipinski definition) is 0. The van der Waals surface area contributed by atoms with Crippen molar-refractivity contribution in [3.05, 3.63) is 240 Å². The average molecular weight is 677 g/mol. The molecule has 2 aliphatic rings. The Balaban J connectivity index is 1.28. The van der Waals surface area contributed by atoms with Crippen LogP contribution in [0.5, 0.6) is 0 Å². The fraction of sp³-hybridized carbons (Fsp3) is 0.0196. The first-order chi connectivity index (χ1) is 26.3. The van der Waals surface area contributed by atoms with Crippen LogP contribution in [0, 0.1) is 0 Å². The van der Waals surface area contributed by atoms with E-state index in [1.165, 1.54) is 44.5 Å². The molecular formula is C51H36N2. The van der Waals surface area contributed by atoms with Gasteiger partial charge in [0.1, 0.15) is 0 Å². The van der Waals surface area contributed by atoms with E-state index in [0.29, 0.717) is 0 Å². The molecule has 0 atom stereocenters. The normalized spacial score (nSPS) is 13.0. The van der Waals surface area contributed by atoms with Gasteiger partial charge in [0, 0.05) is 34.1 Å². The molecule has 0 amide bonds. The van der Waals surface area contributed by atoms with Crippen molar-refractivity contribution in [1.82, 2.24) is 0 Å². The molecule has 53 heavy (non-hydrogen) atoms.